The van der Waals surface area contributed by atoms with Gasteiger partial charge in [0.2, 0.25) is 0 Å². The van der Waals surface area contributed by atoms with E-state index in [-0.39, 0.29) is 19.2 Å². The Bertz CT molecular complexity index is 489. The van der Waals surface area contributed by atoms with Gasteiger partial charge < -0.3 is 27.9 Å². The van der Waals surface area contributed by atoms with E-state index < -0.39 is 14.7 Å². The molecule has 0 saturated carbocycles. The molecule has 0 aromatic heterocycles. The third kappa shape index (κ3) is 28.3. The summed E-state index contributed by atoms with van der Waals surface area (Å²) in [6.45, 7) is 5.77. The number of ether oxygens (including phenoxy) is 2. The van der Waals surface area contributed by atoms with Crippen LogP contribution >= 0.6 is 8.60 Å². The van der Waals surface area contributed by atoms with Crippen LogP contribution in [-0.4, -0.2) is 75.6 Å². The molecule has 0 aliphatic heterocycles. The number of unbranched alkanes of at least 4 members (excludes halogenated alkanes) is 15. The van der Waals surface area contributed by atoms with Gasteiger partial charge in [0.25, 0.3) is 0 Å². The maximum atomic E-state index is 11.3. The molecule has 8 heteroatoms. The van der Waals surface area contributed by atoms with Crippen LogP contribution in [0.2, 0.25) is 0 Å². The number of esters is 1. The molecule has 36 heavy (non-hydrogen) atoms. The molecule has 0 fully saturated rings. The summed E-state index contributed by atoms with van der Waals surface area (Å²) in [5, 5.41) is 0. The summed E-state index contributed by atoms with van der Waals surface area (Å²) < 4.78 is 22.3. The topological polar surface area (TPSA) is 74.2 Å². The van der Waals surface area contributed by atoms with Crippen molar-refractivity contribution in [2.45, 2.75) is 123 Å². The Balaban J connectivity index is 3.58. The quantitative estimate of drug-likeness (QED) is 0.0520. The molecule has 0 radical (unpaired) electrons. The second kappa shape index (κ2) is 25.0. The Morgan fingerprint density at radius 1 is 0.722 bits per heavy atom. The second-order valence-electron chi connectivity index (χ2n) is 11.0. The fourth-order valence-electron chi connectivity index (χ4n) is 3.89. The molecule has 0 aromatic rings. The van der Waals surface area contributed by atoms with Gasteiger partial charge in [-0.05, 0) is 6.42 Å². The Morgan fingerprint density at radius 2 is 1.19 bits per heavy atom. The third-order valence-corrected chi connectivity index (χ3v) is 6.89. The van der Waals surface area contributed by atoms with Crippen molar-refractivity contribution in [3.05, 3.63) is 0 Å². The van der Waals surface area contributed by atoms with Crippen LogP contribution in [0.5, 0.6) is 0 Å². The van der Waals surface area contributed by atoms with Crippen molar-refractivity contribution < 1.29 is 32.7 Å². The van der Waals surface area contributed by atoms with Gasteiger partial charge in [-0.2, -0.15) is 0 Å². The van der Waals surface area contributed by atoms with Crippen molar-refractivity contribution in [2.75, 3.05) is 54.1 Å². The van der Waals surface area contributed by atoms with E-state index in [1.807, 2.05) is 0 Å². The molecule has 0 saturated heterocycles. The van der Waals surface area contributed by atoms with Crippen LogP contribution in [-0.2, 0) is 23.3 Å². The summed E-state index contributed by atoms with van der Waals surface area (Å²) in [6, 6.07) is 0. The molecular formula is C28H59NO6P+. The van der Waals surface area contributed by atoms with Crippen molar-refractivity contribution in [1.82, 2.24) is 0 Å². The Kier molecular flexibility index (Phi) is 24.8. The standard InChI is InChI=1S/C28H59NO6P/c1-6-7-8-9-10-11-12-13-14-15-16-17-18-19-20-21-23-32-25-28(35-27(2)30)26-34-36(31)33-24-22-29(3,4)5/h28,31H,6-26H2,1-5H3/q+1. The molecule has 0 aromatic carbocycles. The first kappa shape index (κ1) is 35.7. The van der Waals surface area contributed by atoms with Crippen molar-refractivity contribution in [1.29, 1.82) is 0 Å². The number of nitrogens with zero attached hydrogens (tertiary/aromatic N) is 1. The van der Waals surface area contributed by atoms with Gasteiger partial charge in [0.05, 0.1) is 34.4 Å². The number of carbonyl (C=O) groups excluding carboxylic acids is 1. The van der Waals surface area contributed by atoms with Gasteiger partial charge in [0, 0.05) is 13.5 Å². The molecule has 2 atom stereocenters. The van der Waals surface area contributed by atoms with Crippen LogP contribution in [0.3, 0.4) is 0 Å². The number of hydrogen-bond acceptors (Lipinski definition) is 6. The maximum Gasteiger partial charge on any atom is 0.330 e. The number of hydrogen-bond donors (Lipinski definition) is 1. The van der Waals surface area contributed by atoms with Crippen LogP contribution in [0, 0.1) is 0 Å². The van der Waals surface area contributed by atoms with Gasteiger partial charge in [-0.3, -0.25) is 4.79 Å². The molecular weight excluding hydrogens is 477 g/mol. The van der Waals surface area contributed by atoms with Crippen LogP contribution in [0.15, 0.2) is 0 Å². The summed E-state index contributed by atoms with van der Waals surface area (Å²) in [4.78, 5) is 21.2. The summed E-state index contributed by atoms with van der Waals surface area (Å²) in [6.07, 6.45) is 20.9. The minimum Gasteiger partial charge on any atom is -0.458 e. The van der Waals surface area contributed by atoms with Gasteiger partial charge in [0.1, 0.15) is 19.3 Å². The summed E-state index contributed by atoms with van der Waals surface area (Å²) in [7, 11) is 4.17. The molecule has 0 bridgehead atoms. The van der Waals surface area contributed by atoms with Crippen LogP contribution in [0.25, 0.3) is 0 Å². The van der Waals surface area contributed by atoms with Gasteiger partial charge in [0.15, 0.2) is 0 Å². The van der Waals surface area contributed by atoms with E-state index in [0.717, 1.165) is 23.9 Å². The lowest BCUT2D eigenvalue weighted by atomic mass is 10.0. The Hall–Kier alpha value is -0.300. The molecule has 0 spiro atoms. The molecule has 216 valence electrons. The molecule has 1 N–H and O–H groups in total. The SMILES string of the molecule is CCCCCCCCCCCCCCCCCCOCC(COP(O)OCC[N+](C)(C)C)OC(C)=O. The third-order valence-electron chi connectivity index (χ3n) is 6.11. The van der Waals surface area contributed by atoms with Crippen LogP contribution in [0.1, 0.15) is 117 Å². The monoisotopic (exact) mass is 536 g/mol. The lowest BCUT2D eigenvalue weighted by molar-refractivity contribution is -0.870. The zero-order chi connectivity index (χ0) is 26.9. The van der Waals surface area contributed by atoms with Gasteiger partial charge in [-0.15, -0.1) is 0 Å². The Labute approximate surface area is 224 Å². The molecule has 0 aliphatic rings. The van der Waals surface area contributed by atoms with Crippen molar-refractivity contribution >= 4 is 14.6 Å². The fourth-order valence-corrected chi connectivity index (χ4v) is 4.50. The van der Waals surface area contributed by atoms with E-state index in [0.29, 0.717) is 13.2 Å². The predicted octanol–water partition coefficient (Wildman–Crippen LogP) is 7.15. The zero-order valence-corrected chi connectivity index (χ0v) is 25.2. The van der Waals surface area contributed by atoms with E-state index >= 15 is 0 Å². The highest BCUT2D eigenvalue weighted by Crippen LogP contribution is 2.32. The van der Waals surface area contributed by atoms with Crippen LogP contribution < -0.4 is 0 Å². The minimum atomic E-state index is -1.99. The number of rotatable bonds is 27. The summed E-state index contributed by atoms with van der Waals surface area (Å²) in [5.41, 5.74) is 0. The normalized spacial score (nSPS) is 13.6. The van der Waals surface area contributed by atoms with E-state index in [9.17, 15) is 9.69 Å². The smallest absolute Gasteiger partial charge is 0.330 e. The van der Waals surface area contributed by atoms with Crippen molar-refractivity contribution in [2.24, 2.45) is 0 Å². The van der Waals surface area contributed by atoms with Gasteiger partial charge >= 0.3 is 14.6 Å². The first-order valence-corrected chi connectivity index (χ1v) is 15.7. The lowest BCUT2D eigenvalue weighted by Crippen LogP contribution is -2.37. The van der Waals surface area contributed by atoms with E-state index in [4.69, 9.17) is 18.5 Å². The number of quaternary nitrogens is 1. The average Bonchev–Trinajstić information content (AvgIpc) is 2.80. The molecule has 0 rings (SSSR count). The summed E-state index contributed by atoms with van der Waals surface area (Å²) >= 11 is 0. The van der Waals surface area contributed by atoms with E-state index in [1.54, 1.807) is 0 Å². The number of carbonyl (C=O) groups is 1. The fraction of sp³-hybridized carbons (Fsp3) is 0.964. The molecule has 7 nitrogen and oxygen atoms in total. The van der Waals surface area contributed by atoms with E-state index in [1.165, 1.54) is 96.8 Å². The van der Waals surface area contributed by atoms with Crippen molar-refractivity contribution in [3.63, 3.8) is 0 Å². The first-order valence-electron chi connectivity index (χ1n) is 14.5. The largest absolute Gasteiger partial charge is 0.458 e. The molecule has 2 unspecified atom stereocenters. The number of likely N-dealkylation sites (N-methyl/N-ethyl adjacent to an activating group) is 1. The molecule has 0 aliphatic carbocycles. The predicted molar refractivity (Wildman–Crippen MR) is 150 cm³/mol. The highest BCUT2D eigenvalue weighted by Gasteiger charge is 2.18. The maximum absolute atomic E-state index is 11.3. The zero-order valence-electron chi connectivity index (χ0n) is 24.3. The van der Waals surface area contributed by atoms with Gasteiger partial charge in [-0.25, -0.2) is 0 Å². The van der Waals surface area contributed by atoms with Crippen LogP contribution in [0.4, 0.5) is 0 Å². The highest BCUT2D eigenvalue weighted by molar-refractivity contribution is 7.40. The second-order valence-corrected chi connectivity index (χ2v) is 12.0. The molecule has 0 heterocycles. The van der Waals surface area contributed by atoms with E-state index in [2.05, 4.69) is 28.1 Å². The molecule has 0 amide bonds. The summed E-state index contributed by atoms with van der Waals surface area (Å²) in [5.74, 6) is -0.386. The minimum absolute atomic E-state index is 0.0606. The Morgan fingerprint density at radius 3 is 1.64 bits per heavy atom. The van der Waals surface area contributed by atoms with Crippen molar-refractivity contribution in [3.8, 4) is 0 Å². The highest BCUT2D eigenvalue weighted by atomic mass is 31.2. The van der Waals surface area contributed by atoms with Gasteiger partial charge in [-0.1, -0.05) is 103 Å². The lowest BCUT2D eigenvalue weighted by Gasteiger charge is -2.24. The first-order chi connectivity index (χ1) is 17.2. The average molecular weight is 537 g/mol.